The number of hydrogen-bond donors (Lipinski definition) is 1. The van der Waals surface area contributed by atoms with Crippen LogP contribution in [0.4, 0.5) is 0 Å². The summed E-state index contributed by atoms with van der Waals surface area (Å²) >= 11 is 0. The Balaban J connectivity index is 2.89. The van der Waals surface area contributed by atoms with E-state index < -0.39 is 0 Å². The molecule has 2 aromatic rings. The van der Waals surface area contributed by atoms with Crippen LogP contribution in [-0.2, 0) is 0 Å². The third-order valence-electron chi connectivity index (χ3n) is 1.86. The fourth-order valence-electron chi connectivity index (χ4n) is 1.16. The van der Waals surface area contributed by atoms with Gasteiger partial charge in [0.1, 0.15) is 11.8 Å². The molecule has 0 amide bonds. The third-order valence-corrected chi connectivity index (χ3v) is 1.86. The topological polar surface area (TPSA) is 65.4 Å². The molecule has 0 atom stereocenters. The lowest BCUT2D eigenvalue weighted by Crippen LogP contribution is -1.87. The first kappa shape index (κ1) is 6.80. The van der Waals surface area contributed by atoms with Crippen LogP contribution in [0.15, 0.2) is 12.4 Å². The summed E-state index contributed by atoms with van der Waals surface area (Å²) in [7, 11) is 0. The summed E-state index contributed by atoms with van der Waals surface area (Å²) < 4.78 is 0. The van der Waals surface area contributed by atoms with Crippen LogP contribution >= 0.6 is 0 Å². The van der Waals surface area contributed by atoms with Gasteiger partial charge in [-0.05, 0) is 12.5 Å². The van der Waals surface area contributed by atoms with E-state index in [0.29, 0.717) is 5.69 Å². The van der Waals surface area contributed by atoms with Gasteiger partial charge in [0.25, 0.3) is 0 Å². The van der Waals surface area contributed by atoms with Gasteiger partial charge < -0.3 is 0 Å². The Kier molecular flexibility index (Phi) is 1.31. The Hall–Kier alpha value is -1.89. The molecule has 0 radical (unpaired) electrons. The van der Waals surface area contributed by atoms with Gasteiger partial charge in [-0.3, -0.25) is 5.10 Å². The van der Waals surface area contributed by atoms with E-state index in [2.05, 4.69) is 15.2 Å². The number of aromatic nitrogens is 3. The van der Waals surface area contributed by atoms with Crippen molar-refractivity contribution in [3.8, 4) is 6.07 Å². The Bertz CT molecular complexity index is 463. The minimum Gasteiger partial charge on any atom is -0.276 e. The van der Waals surface area contributed by atoms with Gasteiger partial charge in [-0.25, -0.2) is 4.98 Å². The van der Waals surface area contributed by atoms with E-state index in [0.717, 1.165) is 16.5 Å². The average molecular weight is 158 g/mol. The van der Waals surface area contributed by atoms with Crippen molar-refractivity contribution in [2.75, 3.05) is 0 Å². The molecular formula is C8H6N4. The predicted octanol–water partition coefficient (Wildman–Crippen LogP) is 1.14. The molecular weight excluding hydrogens is 152 g/mol. The standard InChI is InChI=1S/C8H6N4/c1-5-6-3-11-12-8(6)4-10-7(5)2-9/h3-4H,1H3,(H,11,12). The fraction of sp³-hybridized carbons (Fsp3) is 0.125. The number of aromatic amines is 1. The molecule has 2 heterocycles. The van der Waals surface area contributed by atoms with E-state index in [4.69, 9.17) is 5.26 Å². The molecule has 0 aliphatic carbocycles. The molecule has 0 aromatic carbocycles. The summed E-state index contributed by atoms with van der Waals surface area (Å²) in [6.45, 7) is 1.86. The summed E-state index contributed by atoms with van der Waals surface area (Å²) in [5, 5.41) is 16.3. The number of aryl methyl sites for hydroxylation is 1. The molecule has 0 fully saturated rings. The largest absolute Gasteiger partial charge is 0.276 e. The van der Waals surface area contributed by atoms with E-state index in [1.165, 1.54) is 0 Å². The van der Waals surface area contributed by atoms with Gasteiger partial charge >= 0.3 is 0 Å². The van der Waals surface area contributed by atoms with Gasteiger partial charge in [0.05, 0.1) is 17.9 Å². The van der Waals surface area contributed by atoms with Crippen LogP contribution in [-0.4, -0.2) is 15.2 Å². The van der Waals surface area contributed by atoms with Crippen molar-refractivity contribution >= 4 is 10.9 Å². The second-order valence-electron chi connectivity index (χ2n) is 2.54. The lowest BCUT2D eigenvalue weighted by atomic mass is 10.1. The summed E-state index contributed by atoms with van der Waals surface area (Å²) in [5.41, 5.74) is 2.21. The number of H-pyrrole nitrogens is 1. The highest BCUT2D eigenvalue weighted by molar-refractivity contribution is 5.81. The van der Waals surface area contributed by atoms with Gasteiger partial charge in [-0.1, -0.05) is 0 Å². The summed E-state index contributed by atoms with van der Waals surface area (Å²) in [4.78, 5) is 3.96. The van der Waals surface area contributed by atoms with Crippen molar-refractivity contribution in [3.05, 3.63) is 23.7 Å². The average Bonchev–Trinajstić information content (AvgIpc) is 2.53. The number of rotatable bonds is 0. The van der Waals surface area contributed by atoms with E-state index in [1.54, 1.807) is 12.4 Å². The van der Waals surface area contributed by atoms with Crippen molar-refractivity contribution < 1.29 is 0 Å². The van der Waals surface area contributed by atoms with Crippen molar-refractivity contribution in [1.82, 2.24) is 15.2 Å². The molecule has 1 N–H and O–H groups in total. The zero-order chi connectivity index (χ0) is 8.55. The van der Waals surface area contributed by atoms with Crippen LogP contribution in [0.3, 0.4) is 0 Å². The number of nitrogens with zero attached hydrogens (tertiary/aromatic N) is 3. The van der Waals surface area contributed by atoms with Crippen LogP contribution < -0.4 is 0 Å². The van der Waals surface area contributed by atoms with Gasteiger partial charge in [-0.15, -0.1) is 0 Å². The second-order valence-corrected chi connectivity index (χ2v) is 2.54. The van der Waals surface area contributed by atoms with Gasteiger partial charge in [-0.2, -0.15) is 10.4 Å². The number of pyridine rings is 1. The quantitative estimate of drug-likeness (QED) is 0.625. The minimum absolute atomic E-state index is 0.462. The molecule has 0 aliphatic heterocycles. The minimum atomic E-state index is 0.462. The molecule has 0 spiro atoms. The van der Waals surface area contributed by atoms with Crippen molar-refractivity contribution in [2.45, 2.75) is 6.92 Å². The van der Waals surface area contributed by atoms with Crippen molar-refractivity contribution in [1.29, 1.82) is 5.26 Å². The summed E-state index contributed by atoms with van der Waals surface area (Å²) in [5.74, 6) is 0. The molecule has 58 valence electrons. The molecule has 0 bridgehead atoms. The highest BCUT2D eigenvalue weighted by Gasteiger charge is 2.04. The Morgan fingerprint density at radius 1 is 1.50 bits per heavy atom. The Morgan fingerprint density at radius 3 is 3.08 bits per heavy atom. The third kappa shape index (κ3) is 0.768. The maximum absolute atomic E-state index is 8.67. The number of nitriles is 1. The Labute approximate surface area is 68.9 Å². The lowest BCUT2D eigenvalue weighted by molar-refractivity contribution is 1.11. The highest BCUT2D eigenvalue weighted by Crippen LogP contribution is 2.16. The zero-order valence-electron chi connectivity index (χ0n) is 6.50. The van der Waals surface area contributed by atoms with Crippen LogP contribution in [0, 0.1) is 18.3 Å². The van der Waals surface area contributed by atoms with Gasteiger partial charge in [0, 0.05) is 5.39 Å². The van der Waals surface area contributed by atoms with E-state index >= 15 is 0 Å². The lowest BCUT2D eigenvalue weighted by Gasteiger charge is -1.95. The van der Waals surface area contributed by atoms with E-state index in [-0.39, 0.29) is 0 Å². The Morgan fingerprint density at radius 2 is 2.33 bits per heavy atom. The number of hydrogen-bond acceptors (Lipinski definition) is 3. The first-order valence-electron chi connectivity index (χ1n) is 3.51. The smallest absolute Gasteiger partial charge is 0.144 e. The van der Waals surface area contributed by atoms with E-state index in [9.17, 15) is 0 Å². The van der Waals surface area contributed by atoms with Crippen LogP contribution in [0.2, 0.25) is 0 Å². The normalized spacial score (nSPS) is 10.0. The maximum atomic E-state index is 8.67. The maximum Gasteiger partial charge on any atom is 0.144 e. The molecule has 0 aliphatic rings. The molecule has 4 heteroatoms. The van der Waals surface area contributed by atoms with Crippen LogP contribution in [0.5, 0.6) is 0 Å². The van der Waals surface area contributed by atoms with Crippen LogP contribution in [0.1, 0.15) is 11.3 Å². The summed E-state index contributed by atoms with van der Waals surface area (Å²) in [6.07, 6.45) is 3.32. The molecule has 0 saturated carbocycles. The SMILES string of the molecule is Cc1c(C#N)ncc2[nH]ncc12. The zero-order valence-corrected chi connectivity index (χ0v) is 6.50. The first-order chi connectivity index (χ1) is 5.83. The van der Waals surface area contributed by atoms with Crippen molar-refractivity contribution in [3.63, 3.8) is 0 Å². The predicted molar refractivity (Wildman–Crippen MR) is 43.3 cm³/mol. The molecule has 0 unspecified atom stereocenters. The molecule has 4 nitrogen and oxygen atoms in total. The number of fused-ring (bicyclic) bond motifs is 1. The fourth-order valence-corrected chi connectivity index (χ4v) is 1.16. The van der Waals surface area contributed by atoms with Crippen molar-refractivity contribution in [2.24, 2.45) is 0 Å². The monoisotopic (exact) mass is 158 g/mol. The molecule has 12 heavy (non-hydrogen) atoms. The first-order valence-corrected chi connectivity index (χ1v) is 3.51. The molecule has 2 aromatic heterocycles. The van der Waals surface area contributed by atoms with Gasteiger partial charge in [0.15, 0.2) is 0 Å². The van der Waals surface area contributed by atoms with E-state index in [1.807, 2.05) is 13.0 Å². The highest BCUT2D eigenvalue weighted by atomic mass is 15.1. The van der Waals surface area contributed by atoms with Crippen LogP contribution in [0.25, 0.3) is 10.9 Å². The second kappa shape index (κ2) is 2.31. The molecule has 0 saturated heterocycles. The summed E-state index contributed by atoms with van der Waals surface area (Å²) in [6, 6.07) is 2.02. The molecule has 2 rings (SSSR count). The number of nitrogens with one attached hydrogen (secondary N) is 1. The van der Waals surface area contributed by atoms with Gasteiger partial charge in [0.2, 0.25) is 0 Å².